The Morgan fingerprint density at radius 1 is 1.23 bits per heavy atom. The van der Waals surface area contributed by atoms with Gasteiger partial charge in [0.05, 0.1) is 11.9 Å². The molecule has 0 saturated carbocycles. The summed E-state index contributed by atoms with van der Waals surface area (Å²) >= 11 is 0. The first-order chi connectivity index (χ1) is 14.4. The van der Waals surface area contributed by atoms with Crippen LogP contribution in [0.5, 0.6) is 0 Å². The van der Waals surface area contributed by atoms with Crippen molar-refractivity contribution in [3.05, 3.63) is 48.0 Å². The number of aromatic nitrogens is 5. The van der Waals surface area contributed by atoms with Gasteiger partial charge in [0, 0.05) is 37.7 Å². The van der Waals surface area contributed by atoms with Crippen LogP contribution in [0.3, 0.4) is 0 Å². The van der Waals surface area contributed by atoms with E-state index in [0.29, 0.717) is 11.5 Å². The van der Waals surface area contributed by atoms with Crippen molar-refractivity contribution < 1.29 is 4.79 Å². The predicted octanol–water partition coefficient (Wildman–Crippen LogP) is 2.86. The summed E-state index contributed by atoms with van der Waals surface area (Å²) in [7, 11) is 3.77. The summed E-state index contributed by atoms with van der Waals surface area (Å²) in [5.41, 5.74) is 3.62. The first-order valence-electron chi connectivity index (χ1n) is 10.3. The molecule has 0 aromatic carbocycles. The fourth-order valence-electron chi connectivity index (χ4n) is 4.07. The summed E-state index contributed by atoms with van der Waals surface area (Å²) in [5, 5.41) is 7.12. The summed E-state index contributed by atoms with van der Waals surface area (Å²) < 4.78 is 1.67. The number of aryl methyl sites for hydroxylation is 2. The quantitative estimate of drug-likeness (QED) is 0.678. The van der Waals surface area contributed by atoms with Crippen LogP contribution < -0.4 is 10.2 Å². The molecule has 1 atom stereocenters. The van der Waals surface area contributed by atoms with E-state index in [1.165, 1.54) is 0 Å². The molecule has 8 heteroatoms. The van der Waals surface area contributed by atoms with Crippen molar-refractivity contribution in [1.29, 1.82) is 0 Å². The van der Waals surface area contributed by atoms with Gasteiger partial charge < -0.3 is 10.2 Å². The van der Waals surface area contributed by atoms with Gasteiger partial charge >= 0.3 is 0 Å². The number of nitrogens with one attached hydrogen (secondary N) is 1. The minimum atomic E-state index is -0.388. The van der Waals surface area contributed by atoms with Crippen molar-refractivity contribution in [2.45, 2.75) is 39.2 Å². The Hall–Kier alpha value is -3.29. The number of nitrogens with zero attached hydrogens (tertiary/aromatic N) is 6. The van der Waals surface area contributed by atoms with Gasteiger partial charge in [-0.05, 0) is 37.3 Å². The number of carbonyl (C=O) groups excluding carboxylic acids is 1. The minimum Gasteiger partial charge on any atom is -0.347 e. The van der Waals surface area contributed by atoms with E-state index in [0.717, 1.165) is 42.0 Å². The Kier molecular flexibility index (Phi) is 5.48. The molecule has 0 unspecified atom stereocenters. The Bertz CT molecular complexity index is 1040. The molecule has 3 heterocycles. The summed E-state index contributed by atoms with van der Waals surface area (Å²) in [6, 6.07) is 5.33. The predicted molar refractivity (Wildman–Crippen MR) is 116 cm³/mol. The Balaban J connectivity index is 1.70. The highest BCUT2D eigenvalue weighted by atomic mass is 16.2. The molecule has 1 aliphatic rings. The van der Waals surface area contributed by atoms with E-state index in [1.807, 2.05) is 51.0 Å². The van der Waals surface area contributed by atoms with Gasteiger partial charge in [0.2, 0.25) is 5.91 Å². The molecule has 0 bridgehead atoms. The molecule has 0 radical (unpaired) electrons. The lowest BCUT2D eigenvalue weighted by Crippen LogP contribution is -2.46. The van der Waals surface area contributed by atoms with Gasteiger partial charge in [-0.3, -0.25) is 14.5 Å². The highest BCUT2D eigenvalue weighted by molar-refractivity contribution is 5.97. The van der Waals surface area contributed by atoms with Crippen molar-refractivity contribution in [3.63, 3.8) is 0 Å². The number of hydrogen-bond donors (Lipinski definition) is 1. The van der Waals surface area contributed by atoms with Gasteiger partial charge in [0.1, 0.15) is 17.6 Å². The normalized spacial score (nSPS) is 13.9. The van der Waals surface area contributed by atoms with Gasteiger partial charge in [0.15, 0.2) is 5.82 Å². The average molecular weight is 406 g/mol. The van der Waals surface area contributed by atoms with E-state index in [4.69, 9.17) is 9.97 Å². The molecule has 8 nitrogen and oxygen atoms in total. The van der Waals surface area contributed by atoms with Gasteiger partial charge in [-0.2, -0.15) is 5.10 Å². The largest absolute Gasteiger partial charge is 0.347 e. The molecule has 1 aliphatic carbocycles. The first-order valence-corrected chi connectivity index (χ1v) is 10.3. The number of fused-ring (bicyclic) bond motifs is 1. The molecule has 0 fully saturated rings. The zero-order valence-electron chi connectivity index (χ0n) is 17.8. The van der Waals surface area contributed by atoms with Crippen molar-refractivity contribution in [1.82, 2.24) is 24.7 Å². The maximum Gasteiger partial charge on any atom is 0.247 e. The molecule has 3 aromatic rings. The fourth-order valence-corrected chi connectivity index (χ4v) is 4.07. The number of amides is 1. The Labute approximate surface area is 176 Å². The number of rotatable bonds is 6. The summed E-state index contributed by atoms with van der Waals surface area (Å²) in [5.74, 6) is 1.42. The van der Waals surface area contributed by atoms with Crippen molar-refractivity contribution in [2.75, 3.05) is 17.3 Å². The molecule has 1 amide bonds. The van der Waals surface area contributed by atoms with Crippen LogP contribution in [0.1, 0.15) is 31.5 Å². The van der Waals surface area contributed by atoms with Crippen LogP contribution in [0.25, 0.3) is 11.5 Å². The Morgan fingerprint density at radius 2 is 2.07 bits per heavy atom. The molecular weight excluding hydrogens is 378 g/mol. The van der Waals surface area contributed by atoms with Gasteiger partial charge in [0.25, 0.3) is 0 Å². The summed E-state index contributed by atoms with van der Waals surface area (Å²) in [4.78, 5) is 29.2. The number of pyridine rings is 1. The molecular formula is C22H27N7O. The second kappa shape index (κ2) is 8.22. The van der Waals surface area contributed by atoms with Crippen LogP contribution in [0.2, 0.25) is 0 Å². The van der Waals surface area contributed by atoms with Crippen molar-refractivity contribution in [2.24, 2.45) is 13.0 Å². The lowest BCUT2D eigenvalue weighted by molar-refractivity contribution is -0.118. The van der Waals surface area contributed by atoms with Crippen molar-refractivity contribution >= 4 is 17.4 Å². The monoisotopic (exact) mass is 405 g/mol. The third kappa shape index (κ3) is 3.90. The van der Waals surface area contributed by atoms with E-state index >= 15 is 0 Å². The first kappa shape index (κ1) is 20.0. The highest BCUT2D eigenvalue weighted by Gasteiger charge is 2.31. The molecule has 30 heavy (non-hydrogen) atoms. The number of likely N-dealkylation sites (N-methyl/N-ethyl adjacent to an activating group) is 1. The number of hydrogen-bond acceptors (Lipinski definition) is 6. The van der Waals surface area contributed by atoms with E-state index in [-0.39, 0.29) is 17.9 Å². The average Bonchev–Trinajstić information content (AvgIpc) is 3.36. The molecule has 1 N–H and O–H groups in total. The van der Waals surface area contributed by atoms with Crippen LogP contribution in [0.4, 0.5) is 11.5 Å². The third-order valence-electron chi connectivity index (χ3n) is 5.43. The van der Waals surface area contributed by atoms with Crippen LogP contribution in [-0.2, 0) is 24.7 Å². The van der Waals surface area contributed by atoms with E-state index in [2.05, 4.69) is 15.4 Å². The molecule has 156 valence electrons. The van der Waals surface area contributed by atoms with Crippen LogP contribution >= 0.6 is 0 Å². The van der Waals surface area contributed by atoms with Crippen LogP contribution in [-0.4, -0.2) is 43.7 Å². The maximum atomic E-state index is 13.2. The molecule has 0 spiro atoms. The highest BCUT2D eigenvalue weighted by Crippen LogP contribution is 2.32. The zero-order chi connectivity index (χ0) is 21.3. The second-order valence-electron chi connectivity index (χ2n) is 8.06. The summed E-state index contributed by atoms with van der Waals surface area (Å²) in [6.07, 6.45) is 8.07. The third-order valence-corrected chi connectivity index (χ3v) is 5.43. The SMILES string of the molecule is CC(C)[C@@H](C(=O)Nc1cnn(C)c1)N(C)c1nc(-c2ccccn2)nc2c1CCC2. The smallest absolute Gasteiger partial charge is 0.247 e. The maximum absolute atomic E-state index is 13.2. The standard InChI is InChI=1S/C22H27N7O/c1-14(2)19(22(30)25-15-12-24-28(3)13-15)29(4)21-16-8-7-10-17(16)26-20(27-21)18-9-5-6-11-23-18/h5-6,9,11-14,19H,7-8,10H2,1-4H3,(H,25,30)/t19-/m0/s1. The zero-order valence-corrected chi connectivity index (χ0v) is 17.8. The van der Waals surface area contributed by atoms with Gasteiger partial charge in [-0.15, -0.1) is 0 Å². The number of carbonyl (C=O) groups is 1. The molecule has 3 aromatic heterocycles. The molecule has 4 rings (SSSR count). The molecule has 0 saturated heterocycles. The van der Waals surface area contributed by atoms with E-state index in [1.54, 1.807) is 23.3 Å². The van der Waals surface area contributed by atoms with Crippen LogP contribution in [0.15, 0.2) is 36.8 Å². The molecule has 0 aliphatic heterocycles. The fraction of sp³-hybridized carbons (Fsp3) is 0.409. The van der Waals surface area contributed by atoms with Crippen LogP contribution in [0, 0.1) is 5.92 Å². The second-order valence-corrected chi connectivity index (χ2v) is 8.06. The van der Waals surface area contributed by atoms with Crippen molar-refractivity contribution in [3.8, 4) is 11.5 Å². The number of anilines is 2. The van der Waals surface area contributed by atoms with Gasteiger partial charge in [-0.1, -0.05) is 19.9 Å². The minimum absolute atomic E-state index is 0.0785. The lowest BCUT2D eigenvalue weighted by Gasteiger charge is -2.32. The lowest BCUT2D eigenvalue weighted by atomic mass is 10.0. The van der Waals surface area contributed by atoms with Gasteiger partial charge in [-0.25, -0.2) is 9.97 Å². The van der Waals surface area contributed by atoms with E-state index in [9.17, 15) is 4.79 Å². The Morgan fingerprint density at radius 3 is 2.73 bits per heavy atom. The topological polar surface area (TPSA) is 88.8 Å². The van der Waals surface area contributed by atoms with E-state index < -0.39 is 0 Å². The summed E-state index contributed by atoms with van der Waals surface area (Å²) in [6.45, 7) is 4.09.